The molecule has 0 bridgehead atoms. The summed E-state index contributed by atoms with van der Waals surface area (Å²) in [4.78, 5) is 33.9. The van der Waals surface area contributed by atoms with E-state index in [9.17, 15) is 19.5 Å². The lowest BCUT2D eigenvalue weighted by Crippen LogP contribution is -2.11. The maximum Gasteiger partial charge on any atom is 0.339 e. The van der Waals surface area contributed by atoms with Crippen LogP contribution in [0.5, 0.6) is 5.75 Å². The molecule has 24 heavy (non-hydrogen) atoms. The van der Waals surface area contributed by atoms with Crippen LogP contribution in [0, 0.1) is 0 Å². The number of carboxylic acid groups (broad SMARTS) is 2. The van der Waals surface area contributed by atoms with Gasteiger partial charge in [-0.25, -0.2) is 9.59 Å². The number of para-hydroxylation sites is 1. The zero-order valence-electron chi connectivity index (χ0n) is 12.3. The van der Waals surface area contributed by atoms with E-state index < -0.39 is 17.8 Å². The molecule has 2 aromatic rings. The van der Waals surface area contributed by atoms with Crippen LogP contribution >= 0.6 is 0 Å². The van der Waals surface area contributed by atoms with E-state index in [-0.39, 0.29) is 22.6 Å². The van der Waals surface area contributed by atoms with Gasteiger partial charge in [0.05, 0.1) is 11.3 Å². The highest BCUT2D eigenvalue weighted by atomic mass is 16.4. The summed E-state index contributed by atoms with van der Waals surface area (Å²) >= 11 is 0. The first-order valence-electron chi connectivity index (χ1n) is 6.76. The van der Waals surface area contributed by atoms with Gasteiger partial charge in [-0.15, -0.1) is 0 Å². The van der Waals surface area contributed by atoms with Crippen molar-refractivity contribution in [1.82, 2.24) is 0 Å². The number of carboxylic acids is 2. The van der Waals surface area contributed by atoms with Gasteiger partial charge in [-0.05, 0) is 35.9 Å². The van der Waals surface area contributed by atoms with Crippen molar-refractivity contribution in [3.8, 4) is 5.75 Å². The molecule has 0 saturated heterocycles. The van der Waals surface area contributed by atoms with E-state index in [2.05, 4.69) is 5.32 Å². The van der Waals surface area contributed by atoms with E-state index in [1.54, 1.807) is 12.1 Å². The largest absolute Gasteiger partial charge is 0.507 e. The molecule has 0 aliphatic carbocycles. The lowest BCUT2D eigenvalue weighted by atomic mass is 10.1. The third kappa shape index (κ3) is 3.98. The molecule has 0 spiro atoms. The topological polar surface area (TPSA) is 124 Å². The highest BCUT2D eigenvalue weighted by molar-refractivity contribution is 6.06. The summed E-state index contributed by atoms with van der Waals surface area (Å²) in [6.07, 6.45) is 2.49. The lowest BCUT2D eigenvalue weighted by molar-refractivity contribution is -0.111. The molecule has 7 nitrogen and oxygen atoms in total. The number of aromatic hydroxyl groups is 1. The minimum atomic E-state index is -1.29. The van der Waals surface area contributed by atoms with E-state index in [1.807, 2.05) is 0 Å². The van der Waals surface area contributed by atoms with Gasteiger partial charge < -0.3 is 20.6 Å². The SMILES string of the molecule is O=C(C=Cc1ccc(O)c(C(=O)O)c1)Nc1ccccc1C(=O)O. The molecule has 0 saturated carbocycles. The molecule has 4 N–H and O–H groups in total. The second-order valence-electron chi connectivity index (χ2n) is 4.76. The fourth-order valence-electron chi connectivity index (χ4n) is 1.95. The minimum absolute atomic E-state index is 0.0444. The number of hydrogen-bond acceptors (Lipinski definition) is 4. The van der Waals surface area contributed by atoms with Gasteiger partial charge in [0.25, 0.3) is 0 Å². The Balaban J connectivity index is 2.16. The van der Waals surface area contributed by atoms with Gasteiger partial charge in [0.1, 0.15) is 11.3 Å². The van der Waals surface area contributed by atoms with Crippen LogP contribution < -0.4 is 5.32 Å². The second kappa shape index (κ2) is 7.10. The Bertz CT molecular complexity index is 841. The first-order valence-corrected chi connectivity index (χ1v) is 6.76. The van der Waals surface area contributed by atoms with Crippen molar-refractivity contribution in [2.24, 2.45) is 0 Å². The minimum Gasteiger partial charge on any atom is -0.507 e. The number of benzene rings is 2. The van der Waals surface area contributed by atoms with Crippen molar-refractivity contribution in [2.45, 2.75) is 0 Å². The van der Waals surface area contributed by atoms with Gasteiger partial charge in [-0.3, -0.25) is 4.79 Å². The summed E-state index contributed by atoms with van der Waals surface area (Å²) < 4.78 is 0. The molecule has 0 aliphatic rings. The summed E-state index contributed by atoms with van der Waals surface area (Å²) in [6, 6.07) is 9.81. The van der Waals surface area contributed by atoms with Crippen LogP contribution in [0.3, 0.4) is 0 Å². The monoisotopic (exact) mass is 327 g/mol. The molecular formula is C17H13NO6. The molecule has 0 atom stereocenters. The highest BCUT2D eigenvalue weighted by Crippen LogP contribution is 2.19. The number of carbonyl (C=O) groups excluding carboxylic acids is 1. The fourth-order valence-corrected chi connectivity index (χ4v) is 1.95. The molecule has 0 fully saturated rings. The van der Waals surface area contributed by atoms with Gasteiger partial charge in [0.2, 0.25) is 5.91 Å². The molecule has 0 aromatic heterocycles. The van der Waals surface area contributed by atoms with Crippen LogP contribution in [-0.4, -0.2) is 33.2 Å². The molecule has 2 aromatic carbocycles. The zero-order valence-corrected chi connectivity index (χ0v) is 12.3. The van der Waals surface area contributed by atoms with Crippen molar-refractivity contribution in [3.05, 3.63) is 65.2 Å². The Kier molecular flexibility index (Phi) is 4.96. The highest BCUT2D eigenvalue weighted by Gasteiger charge is 2.11. The summed E-state index contributed by atoms with van der Waals surface area (Å²) in [5.74, 6) is -3.41. The van der Waals surface area contributed by atoms with E-state index in [1.165, 1.54) is 36.4 Å². The number of carbonyl (C=O) groups is 3. The molecule has 7 heteroatoms. The van der Waals surface area contributed by atoms with Crippen LogP contribution in [0.1, 0.15) is 26.3 Å². The van der Waals surface area contributed by atoms with Crippen LogP contribution in [0.4, 0.5) is 5.69 Å². The summed E-state index contributed by atoms with van der Waals surface area (Å²) in [7, 11) is 0. The standard InChI is InChI=1S/C17H13NO6/c19-14-7-5-10(9-12(14)17(23)24)6-8-15(20)18-13-4-2-1-3-11(13)16(21)22/h1-9,19H,(H,18,20)(H,21,22)(H,23,24). The number of phenols is 1. The van der Waals surface area contributed by atoms with Gasteiger partial charge in [-0.2, -0.15) is 0 Å². The fraction of sp³-hybridized carbons (Fsp3) is 0. The van der Waals surface area contributed by atoms with E-state index in [0.717, 1.165) is 6.08 Å². The molecule has 0 radical (unpaired) electrons. The normalized spacial score (nSPS) is 10.5. The summed E-state index contributed by atoms with van der Waals surface area (Å²) in [6.45, 7) is 0. The van der Waals surface area contributed by atoms with Crippen LogP contribution in [-0.2, 0) is 4.79 Å². The van der Waals surface area contributed by atoms with E-state index >= 15 is 0 Å². The van der Waals surface area contributed by atoms with Crippen molar-refractivity contribution in [2.75, 3.05) is 5.32 Å². The first kappa shape index (κ1) is 16.8. The molecule has 0 heterocycles. The zero-order chi connectivity index (χ0) is 17.7. The van der Waals surface area contributed by atoms with Gasteiger partial charge in [0.15, 0.2) is 0 Å². The molecule has 0 aliphatic heterocycles. The van der Waals surface area contributed by atoms with Crippen molar-refractivity contribution in [3.63, 3.8) is 0 Å². The Labute approximate surface area is 136 Å². The number of anilines is 1. The molecule has 0 unspecified atom stereocenters. The lowest BCUT2D eigenvalue weighted by Gasteiger charge is -2.06. The molecule has 1 amide bonds. The first-order chi connectivity index (χ1) is 11.4. The maximum absolute atomic E-state index is 11.9. The molecule has 2 rings (SSSR count). The molecule has 122 valence electrons. The average molecular weight is 327 g/mol. The van der Waals surface area contributed by atoms with Crippen LogP contribution in [0.25, 0.3) is 6.08 Å². The maximum atomic E-state index is 11.9. The third-order valence-electron chi connectivity index (χ3n) is 3.09. The van der Waals surface area contributed by atoms with Crippen LogP contribution in [0.2, 0.25) is 0 Å². The third-order valence-corrected chi connectivity index (χ3v) is 3.09. The van der Waals surface area contributed by atoms with E-state index in [0.29, 0.717) is 5.56 Å². The van der Waals surface area contributed by atoms with Crippen LogP contribution in [0.15, 0.2) is 48.5 Å². The Hall–Kier alpha value is -3.61. The number of aromatic carboxylic acids is 2. The van der Waals surface area contributed by atoms with E-state index in [4.69, 9.17) is 10.2 Å². The van der Waals surface area contributed by atoms with Crippen molar-refractivity contribution < 1.29 is 29.7 Å². The summed E-state index contributed by atoms with van der Waals surface area (Å²) in [5.41, 5.74) is 0.217. The Morgan fingerprint density at radius 2 is 1.58 bits per heavy atom. The number of nitrogens with one attached hydrogen (secondary N) is 1. The predicted octanol–water partition coefficient (Wildman–Crippen LogP) is 2.44. The number of hydrogen-bond donors (Lipinski definition) is 4. The Morgan fingerprint density at radius 3 is 2.25 bits per heavy atom. The predicted molar refractivity (Wildman–Crippen MR) is 86.1 cm³/mol. The van der Waals surface area contributed by atoms with Gasteiger partial charge in [0, 0.05) is 6.08 Å². The smallest absolute Gasteiger partial charge is 0.339 e. The number of amides is 1. The van der Waals surface area contributed by atoms with Crippen molar-refractivity contribution >= 4 is 29.6 Å². The molecular weight excluding hydrogens is 314 g/mol. The van der Waals surface area contributed by atoms with Gasteiger partial charge >= 0.3 is 11.9 Å². The van der Waals surface area contributed by atoms with Crippen molar-refractivity contribution in [1.29, 1.82) is 0 Å². The number of rotatable bonds is 5. The quantitative estimate of drug-likeness (QED) is 0.625. The average Bonchev–Trinajstić information content (AvgIpc) is 2.54. The Morgan fingerprint density at radius 1 is 0.917 bits per heavy atom. The second-order valence-corrected chi connectivity index (χ2v) is 4.76. The van der Waals surface area contributed by atoms with Gasteiger partial charge in [-0.1, -0.05) is 18.2 Å². The summed E-state index contributed by atoms with van der Waals surface area (Å²) in [5, 5.41) is 29.8.